The molecule has 4 nitrogen and oxygen atoms in total. The molecule has 1 saturated heterocycles. The Bertz CT molecular complexity index is 482. The molecule has 2 fully saturated rings. The summed E-state index contributed by atoms with van der Waals surface area (Å²) in [5, 5.41) is 2.90. The van der Waals surface area contributed by atoms with Crippen LogP contribution < -0.4 is 10.2 Å². The van der Waals surface area contributed by atoms with Gasteiger partial charge in [0.15, 0.2) is 0 Å². The number of piperidine rings is 1. The first-order valence-electron chi connectivity index (χ1n) is 6.92. The Balaban J connectivity index is 1.70. The second-order valence-electron chi connectivity index (χ2n) is 5.30. The predicted octanol–water partition coefficient (Wildman–Crippen LogP) is 1.71. The number of nitrogens with one attached hydrogen (secondary N) is 1. The van der Waals surface area contributed by atoms with Crippen molar-refractivity contribution in [2.45, 2.75) is 31.7 Å². The summed E-state index contributed by atoms with van der Waals surface area (Å²) >= 11 is 0. The molecule has 1 saturated carbocycles. The maximum Gasteiger partial charge on any atom is 0.249 e. The van der Waals surface area contributed by atoms with Crippen LogP contribution in [0, 0.1) is 5.92 Å². The van der Waals surface area contributed by atoms with E-state index in [2.05, 4.69) is 5.32 Å². The lowest BCUT2D eigenvalue weighted by molar-refractivity contribution is -0.129. The molecule has 4 heteroatoms. The number of benzene rings is 1. The molecule has 0 radical (unpaired) electrons. The number of carbonyl (C=O) groups excluding carboxylic acids is 2. The minimum atomic E-state index is -0.345. The fraction of sp³-hybridized carbons (Fsp3) is 0.467. The van der Waals surface area contributed by atoms with Gasteiger partial charge in [0.2, 0.25) is 11.8 Å². The van der Waals surface area contributed by atoms with E-state index in [0.717, 1.165) is 37.9 Å². The summed E-state index contributed by atoms with van der Waals surface area (Å²) in [5.41, 5.74) is 0.915. The Kier molecular flexibility index (Phi) is 3.23. The van der Waals surface area contributed by atoms with E-state index in [1.54, 1.807) is 4.90 Å². The Morgan fingerprint density at radius 2 is 1.89 bits per heavy atom. The van der Waals surface area contributed by atoms with E-state index >= 15 is 0 Å². The standard InChI is InChI=1S/C15H18N2O2/c18-14(11-8-9-11)16-13-7-4-10-17(15(13)19)12-5-2-1-3-6-12/h1-3,5-6,11,13H,4,7-10H2,(H,16,18). The van der Waals surface area contributed by atoms with Crippen molar-refractivity contribution < 1.29 is 9.59 Å². The SMILES string of the molecule is O=C(NC1CCCN(c2ccccc2)C1=O)C1CC1. The maximum atomic E-state index is 12.4. The largest absolute Gasteiger partial charge is 0.344 e. The van der Waals surface area contributed by atoms with Crippen LogP contribution in [0.4, 0.5) is 5.69 Å². The summed E-state index contributed by atoms with van der Waals surface area (Å²) < 4.78 is 0. The second-order valence-corrected chi connectivity index (χ2v) is 5.30. The lowest BCUT2D eigenvalue weighted by atomic mass is 10.0. The van der Waals surface area contributed by atoms with Gasteiger partial charge in [-0.05, 0) is 37.8 Å². The maximum absolute atomic E-state index is 12.4. The lowest BCUT2D eigenvalue weighted by Gasteiger charge is -2.32. The molecule has 0 spiro atoms. The van der Waals surface area contributed by atoms with Gasteiger partial charge in [0.1, 0.15) is 6.04 Å². The van der Waals surface area contributed by atoms with Crippen LogP contribution in [-0.4, -0.2) is 24.4 Å². The van der Waals surface area contributed by atoms with Crippen molar-refractivity contribution in [2.24, 2.45) is 5.92 Å². The lowest BCUT2D eigenvalue weighted by Crippen LogP contribution is -2.52. The molecule has 3 rings (SSSR count). The van der Waals surface area contributed by atoms with Crippen LogP contribution in [0.15, 0.2) is 30.3 Å². The molecular formula is C15H18N2O2. The van der Waals surface area contributed by atoms with Crippen molar-refractivity contribution in [1.82, 2.24) is 5.32 Å². The van der Waals surface area contributed by atoms with Gasteiger partial charge in [0.25, 0.3) is 0 Å². The van der Waals surface area contributed by atoms with Gasteiger partial charge < -0.3 is 10.2 Å². The average molecular weight is 258 g/mol. The molecule has 0 bridgehead atoms. The first-order valence-corrected chi connectivity index (χ1v) is 6.92. The normalized spacial score (nSPS) is 23.3. The molecule has 1 heterocycles. The monoisotopic (exact) mass is 258 g/mol. The molecule has 1 atom stereocenters. The fourth-order valence-electron chi connectivity index (χ4n) is 2.51. The molecule has 1 aromatic carbocycles. The highest BCUT2D eigenvalue weighted by atomic mass is 16.2. The summed E-state index contributed by atoms with van der Waals surface area (Å²) in [6.45, 7) is 0.735. The third-order valence-electron chi connectivity index (χ3n) is 3.77. The average Bonchev–Trinajstić information content (AvgIpc) is 3.26. The van der Waals surface area contributed by atoms with Gasteiger partial charge in [0, 0.05) is 18.2 Å². The van der Waals surface area contributed by atoms with Crippen molar-refractivity contribution in [2.75, 3.05) is 11.4 Å². The minimum absolute atomic E-state index is 0.0199. The second kappa shape index (κ2) is 5.03. The number of carbonyl (C=O) groups is 2. The Morgan fingerprint density at radius 3 is 2.58 bits per heavy atom. The predicted molar refractivity (Wildman–Crippen MR) is 72.7 cm³/mol. The summed E-state index contributed by atoms with van der Waals surface area (Å²) in [6, 6.07) is 9.31. The zero-order valence-electron chi connectivity index (χ0n) is 10.8. The van der Waals surface area contributed by atoms with Gasteiger partial charge in [-0.3, -0.25) is 9.59 Å². The van der Waals surface area contributed by atoms with Gasteiger partial charge >= 0.3 is 0 Å². The van der Waals surface area contributed by atoms with Crippen LogP contribution in [0.3, 0.4) is 0 Å². The number of amides is 2. The van der Waals surface area contributed by atoms with Crippen LogP contribution in [0.25, 0.3) is 0 Å². The first kappa shape index (κ1) is 12.2. The fourth-order valence-corrected chi connectivity index (χ4v) is 2.51. The Morgan fingerprint density at radius 1 is 1.16 bits per heavy atom. The van der Waals surface area contributed by atoms with E-state index in [1.165, 1.54) is 0 Å². The number of hydrogen-bond donors (Lipinski definition) is 1. The summed E-state index contributed by atoms with van der Waals surface area (Å²) in [5.74, 6) is 0.222. The van der Waals surface area contributed by atoms with E-state index in [-0.39, 0.29) is 23.8 Å². The zero-order valence-corrected chi connectivity index (χ0v) is 10.8. The van der Waals surface area contributed by atoms with Crippen molar-refractivity contribution in [3.63, 3.8) is 0 Å². The smallest absolute Gasteiger partial charge is 0.249 e. The van der Waals surface area contributed by atoms with Gasteiger partial charge in [-0.25, -0.2) is 0 Å². The number of rotatable bonds is 3. The number of para-hydroxylation sites is 1. The van der Waals surface area contributed by atoms with Crippen molar-refractivity contribution in [1.29, 1.82) is 0 Å². The van der Waals surface area contributed by atoms with Gasteiger partial charge in [-0.2, -0.15) is 0 Å². The van der Waals surface area contributed by atoms with E-state index in [9.17, 15) is 9.59 Å². The molecule has 1 aliphatic carbocycles. The van der Waals surface area contributed by atoms with Crippen LogP contribution in [-0.2, 0) is 9.59 Å². The Labute approximate surface area is 112 Å². The van der Waals surface area contributed by atoms with Crippen molar-refractivity contribution >= 4 is 17.5 Å². The van der Waals surface area contributed by atoms with Crippen molar-refractivity contribution in [3.8, 4) is 0 Å². The highest BCUT2D eigenvalue weighted by Gasteiger charge is 2.35. The van der Waals surface area contributed by atoms with Gasteiger partial charge in [-0.1, -0.05) is 18.2 Å². The summed E-state index contributed by atoms with van der Waals surface area (Å²) in [4.78, 5) is 26.0. The van der Waals surface area contributed by atoms with E-state index < -0.39 is 0 Å². The summed E-state index contributed by atoms with van der Waals surface area (Å²) in [6.07, 6.45) is 3.61. The topological polar surface area (TPSA) is 49.4 Å². The highest BCUT2D eigenvalue weighted by molar-refractivity contribution is 6.00. The van der Waals surface area contributed by atoms with Crippen LogP contribution in [0.2, 0.25) is 0 Å². The van der Waals surface area contributed by atoms with Crippen LogP contribution in [0.5, 0.6) is 0 Å². The quantitative estimate of drug-likeness (QED) is 0.897. The third kappa shape index (κ3) is 2.62. The molecule has 100 valence electrons. The first-order chi connectivity index (χ1) is 9.25. The van der Waals surface area contributed by atoms with E-state index in [0.29, 0.717) is 0 Å². The summed E-state index contributed by atoms with van der Waals surface area (Å²) in [7, 11) is 0. The molecule has 1 aliphatic heterocycles. The molecular weight excluding hydrogens is 240 g/mol. The molecule has 19 heavy (non-hydrogen) atoms. The van der Waals surface area contributed by atoms with E-state index in [1.807, 2.05) is 30.3 Å². The minimum Gasteiger partial charge on any atom is -0.344 e. The number of nitrogens with zero attached hydrogens (tertiary/aromatic N) is 1. The molecule has 2 aliphatic rings. The van der Waals surface area contributed by atoms with Crippen molar-refractivity contribution in [3.05, 3.63) is 30.3 Å². The number of anilines is 1. The zero-order chi connectivity index (χ0) is 13.2. The molecule has 0 aromatic heterocycles. The third-order valence-corrected chi connectivity index (χ3v) is 3.77. The Hall–Kier alpha value is -1.84. The van der Waals surface area contributed by atoms with Gasteiger partial charge in [0.05, 0.1) is 0 Å². The van der Waals surface area contributed by atoms with Crippen LogP contribution >= 0.6 is 0 Å². The molecule has 1 unspecified atom stereocenters. The van der Waals surface area contributed by atoms with Crippen LogP contribution in [0.1, 0.15) is 25.7 Å². The highest BCUT2D eigenvalue weighted by Crippen LogP contribution is 2.29. The molecule has 1 N–H and O–H groups in total. The molecule has 1 aromatic rings. The van der Waals surface area contributed by atoms with Gasteiger partial charge in [-0.15, -0.1) is 0 Å². The molecule has 2 amide bonds. The van der Waals surface area contributed by atoms with E-state index in [4.69, 9.17) is 0 Å². The number of hydrogen-bond acceptors (Lipinski definition) is 2.